The highest BCUT2D eigenvalue weighted by Crippen LogP contribution is 2.68. The van der Waals surface area contributed by atoms with Crippen LogP contribution in [0, 0.1) is 29.5 Å². The number of fused-ring (bicyclic) bond motifs is 3. The van der Waals surface area contributed by atoms with Gasteiger partial charge in [0.15, 0.2) is 11.4 Å². The average molecular weight is 510 g/mol. The number of anilines is 1. The molecule has 4 nitrogen and oxygen atoms in total. The van der Waals surface area contributed by atoms with Gasteiger partial charge in [-0.05, 0) is 96.7 Å². The number of benzene rings is 2. The number of ketones is 1. The molecule has 5 atom stereocenters. The summed E-state index contributed by atoms with van der Waals surface area (Å²) in [5.74, 6) is 7.24. The van der Waals surface area contributed by atoms with Crippen LogP contribution in [0.3, 0.4) is 0 Å². The molecule has 3 aliphatic carbocycles. The zero-order chi connectivity index (χ0) is 26.1. The molecular formula is C33H32FNO3. The van der Waals surface area contributed by atoms with Crippen LogP contribution in [0.5, 0.6) is 0 Å². The Kier molecular flexibility index (Phi) is 5.44. The molecule has 0 amide bonds. The second-order valence-corrected chi connectivity index (χ2v) is 11.6. The number of allylic oxidation sites excluding steroid dienone is 3. The third kappa shape index (κ3) is 3.61. The Morgan fingerprint density at radius 2 is 1.89 bits per heavy atom. The Morgan fingerprint density at radius 3 is 2.68 bits per heavy atom. The Bertz CT molecular complexity index is 1440. The van der Waals surface area contributed by atoms with Gasteiger partial charge in [-0.1, -0.05) is 30.0 Å². The van der Waals surface area contributed by atoms with Gasteiger partial charge in [0.25, 0.3) is 0 Å². The third-order valence-electron chi connectivity index (χ3n) is 9.40. The number of epoxide rings is 1. The average Bonchev–Trinajstić information content (AvgIpc) is 3.50. The van der Waals surface area contributed by atoms with Gasteiger partial charge in [0, 0.05) is 37.7 Å². The largest absolute Gasteiger partial charge is 0.378 e. The second-order valence-electron chi connectivity index (χ2n) is 11.6. The van der Waals surface area contributed by atoms with Crippen molar-refractivity contribution in [3.05, 3.63) is 88.3 Å². The Labute approximate surface area is 223 Å². The molecule has 0 N–H and O–H groups in total. The molecule has 3 fully saturated rings. The molecule has 0 aromatic heterocycles. The first kappa shape index (κ1) is 23.9. The summed E-state index contributed by atoms with van der Waals surface area (Å²) in [4.78, 5) is 14.4. The molecular weight excluding hydrogens is 477 g/mol. The molecule has 7 rings (SSSR count). The molecule has 194 valence electrons. The van der Waals surface area contributed by atoms with Crippen LogP contribution in [0.4, 0.5) is 10.1 Å². The zero-order valence-electron chi connectivity index (χ0n) is 21.9. The SMILES string of the molecule is CN(C)c1ccc([C@H]2OC[C@]34O[C@@]3(C#Cc3cccc(F)c3)CCC4C3CCC4=CC(=O)CCC4=C32)cc1. The highest BCUT2D eigenvalue weighted by atomic mass is 19.1. The van der Waals surface area contributed by atoms with Crippen LogP contribution >= 0.6 is 0 Å². The van der Waals surface area contributed by atoms with Crippen LogP contribution < -0.4 is 4.90 Å². The van der Waals surface area contributed by atoms with E-state index in [-0.39, 0.29) is 17.7 Å². The Balaban J connectivity index is 1.30. The van der Waals surface area contributed by atoms with Gasteiger partial charge >= 0.3 is 0 Å². The molecule has 1 spiro atoms. The van der Waals surface area contributed by atoms with Crippen molar-refractivity contribution in [1.29, 1.82) is 0 Å². The molecule has 0 radical (unpaired) electrons. The van der Waals surface area contributed by atoms with E-state index in [2.05, 4.69) is 41.0 Å². The number of ether oxygens (including phenoxy) is 2. The lowest BCUT2D eigenvalue weighted by molar-refractivity contribution is -0.114. The van der Waals surface area contributed by atoms with Gasteiger partial charge in [-0.25, -0.2) is 4.39 Å². The quantitative estimate of drug-likeness (QED) is 0.372. The minimum atomic E-state index is -0.540. The summed E-state index contributed by atoms with van der Waals surface area (Å²) in [6, 6.07) is 15.1. The molecule has 5 aliphatic rings. The highest BCUT2D eigenvalue weighted by molar-refractivity contribution is 5.93. The topological polar surface area (TPSA) is 42.1 Å². The lowest BCUT2D eigenvalue weighted by Gasteiger charge is -2.37. The summed E-state index contributed by atoms with van der Waals surface area (Å²) >= 11 is 0. The molecule has 2 heterocycles. The van der Waals surface area contributed by atoms with Crippen molar-refractivity contribution >= 4 is 11.5 Å². The van der Waals surface area contributed by atoms with Crippen LogP contribution in [0.15, 0.2) is 71.3 Å². The minimum absolute atomic E-state index is 0.166. The van der Waals surface area contributed by atoms with Crippen molar-refractivity contribution < 1.29 is 18.7 Å². The fourth-order valence-electron chi connectivity index (χ4n) is 7.52. The van der Waals surface area contributed by atoms with E-state index in [1.54, 1.807) is 6.07 Å². The number of carbonyl (C=O) groups excluding carboxylic acids is 1. The first-order valence-corrected chi connectivity index (χ1v) is 13.7. The maximum atomic E-state index is 13.8. The summed E-state index contributed by atoms with van der Waals surface area (Å²) < 4.78 is 27.2. The molecule has 2 aromatic carbocycles. The molecule has 2 saturated heterocycles. The summed E-state index contributed by atoms with van der Waals surface area (Å²) in [6.45, 7) is 0.487. The van der Waals surface area contributed by atoms with Crippen molar-refractivity contribution in [1.82, 2.24) is 0 Å². The number of rotatable bonds is 2. The second kappa shape index (κ2) is 8.66. The third-order valence-corrected chi connectivity index (χ3v) is 9.40. The van der Waals surface area contributed by atoms with E-state index in [0.717, 1.165) is 43.4 Å². The zero-order valence-corrected chi connectivity index (χ0v) is 21.9. The van der Waals surface area contributed by atoms with E-state index in [9.17, 15) is 9.18 Å². The molecule has 38 heavy (non-hydrogen) atoms. The van der Waals surface area contributed by atoms with E-state index in [1.807, 2.05) is 26.2 Å². The molecule has 5 heteroatoms. The van der Waals surface area contributed by atoms with E-state index in [0.29, 0.717) is 30.4 Å². The first-order valence-electron chi connectivity index (χ1n) is 13.7. The standard InChI is InChI=1S/C33H32FNO3/c1-35(2)25-9-6-22(7-10-25)31-30-27-13-11-26(36)19-23(27)8-12-28(30)29-15-17-32(33(29,38-32)20-37-31)16-14-21-4-3-5-24(34)18-21/h3-7,9-10,18-19,28-29,31H,8,11-13,15,17,20H2,1-2H3/t28?,29?,31-,32+,33-/m1/s1. The lowest BCUT2D eigenvalue weighted by Crippen LogP contribution is -2.35. The maximum absolute atomic E-state index is 13.8. The fourth-order valence-corrected chi connectivity index (χ4v) is 7.52. The molecule has 2 aromatic rings. The summed E-state index contributed by atoms with van der Waals surface area (Å²) in [5.41, 5.74) is 5.89. The molecule has 0 bridgehead atoms. The van der Waals surface area contributed by atoms with Crippen LogP contribution in [0.25, 0.3) is 0 Å². The fraction of sp³-hybridized carbons (Fsp3) is 0.424. The molecule has 2 unspecified atom stereocenters. The molecule has 1 saturated carbocycles. The summed E-state index contributed by atoms with van der Waals surface area (Å²) in [7, 11) is 4.09. The highest BCUT2D eigenvalue weighted by Gasteiger charge is 2.78. The summed E-state index contributed by atoms with van der Waals surface area (Å²) in [6.07, 6.45) is 6.90. The number of nitrogens with zero attached hydrogens (tertiary/aromatic N) is 1. The predicted molar refractivity (Wildman–Crippen MR) is 144 cm³/mol. The van der Waals surface area contributed by atoms with Crippen LogP contribution in [0.2, 0.25) is 0 Å². The summed E-state index contributed by atoms with van der Waals surface area (Å²) in [5, 5.41) is 0. The van der Waals surface area contributed by atoms with Crippen LogP contribution in [-0.2, 0) is 14.3 Å². The van der Waals surface area contributed by atoms with Crippen molar-refractivity contribution in [2.24, 2.45) is 11.8 Å². The van der Waals surface area contributed by atoms with E-state index in [4.69, 9.17) is 9.47 Å². The van der Waals surface area contributed by atoms with Crippen molar-refractivity contribution in [2.45, 2.75) is 55.8 Å². The van der Waals surface area contributed by atoms with Gasteiger partial charge in [-0.2, -0.15) is 0 Å². The Morgan fingerprint density at radius 1 is 1.05 bits per heavy atom. The monoisotopic (exact) mass is 509 g/mol. The molecule has 2 aliphatic heterocycles. The van der Waals surface area contributed by atoms with Crippen LogP contribution in [0.1, 0.15) is 55.8 Å². The van der Waals surface area contributed by atoms with E-state index < -0.39 is 11.2 Å². The van der Waals surface area contributed by atoms with E-state index in [1.165, 1.54) is 28.9 Å². The van der Waals surface area contributed by atoms with Crippen molar-refractivity contribution in [3.8, 4) is 11.8 Å². The number of hydrogen-bond acceptors (Lipinski definition) is 4. The van der Waals surface area contributed by atoms with Gasteiger partial charge in [0.05, 0.1) is 6.61 Å². The van der Waals surface area contributed by atoms with Crippen molar-refractivity contribution in [3.63, 3.8) is 0 Å². The van der Waals surface area contributed by atoms with E-state index >= 15 is 0 Å². The smallest absolute Gasteiger partial charge is 0.161 e. The number of carbonyl (C=O) groups is 1. The number of halogens is 1. The maximum Gasteiger partial charge on any atom is 0.161 e. The van der Waals surface area contributed by atoms with Gasteiger partial charge in [-0.3, -0.25) is 4.79 Å². The minimum Gasteiger partial charge on any atom is -0.378 e. The Hall–Kier alpha value is -3.20. The van der Waals surface area contributed by atoms with Gasteiger partial charge < -0.3 is 14.4 Å². The van der Waals surface area contributed by atoms with Crippen molar-refractivity contribution in [2.75, 3.05) is 25.6 Å². The van der Waals surface area contributed by atoms with Crippen LogP contribution in [-0.4, -0.2) is 37.7 Å². The van der Waals surface area contributed by atoms with Gasteiger partial charge in [0.2, 0.25) is 0 Å². The van der Waals surface area contributed by atoms with Gasteiger partial charge in [0.1, 0.15) is 17.5 Å². The predicted octanol–water partition coefficient (Wildman–Crippen LogP) is 5.93. The first-order chi connectivity index (χ1) is 18.4. The van der Waals surface area contributed by atoms with Gasteiger partial charge in [-0.15, -0.1) is 0 Å². The normalized spacial score (nSPS) is 33.1. The lowest BCUT2D eigenvalue weighted by atomic mass is 9.66. The number of hydrogen-bond donors (Lipinski definition) is 0.